The number of nitrogens with one attached hydrogen (secondary N) is 6. The number of tetrazole rings is 3. The maximum Gasteiger partial charge on any atom is 0.255 e. The maximum absolute atomic E-state index is 12.1. The summed E-state index contributed by atoms with van der Waals surface area (Å²) in [6, 6.07) is 44.1. The molecule has 312 valence electrons. The number of aromatic amines is 3. The SMILES string of the molecule is Cc1ccc(NC(=O)c2ccc(-c3nn[nH]n3)cc2)cc1.Cc1ccc(NC(=O)c2ccc(-c3nn[nH]n3)cc2)cc1.Cc1ccc(NC(=O)c2ccc(-c3nn[nH]n3)cc2)cc1. The first-order chi connectivity index (χ1) is 30.7. The van der Waals surface area contributed by atoms with Crippen LogP contribution in [-0.4, -0.2) is 79.6 Å². The molecule has 18 nitrogen and oxygen atoms in total. The minimum Gasteiger partial charge on any atom is -0.322 e. The number of nitrogens with zero attached hydrogens (tertiary/aromatic N) is 9. The molecular weight excluding hydrogens is 799 g/mol. The van der Waals surface area contributed by atoms with Crippen LogP contribution in [0.1, 0.15) is 47.8 Å². The predicted molar refractivity (Wildman–Crippen MR) is 236 cm³/mol. The highest BCUT2D eigenvalue weighted by molar-refractivity contribution is 6.05. The van der Waals surface area contributed by atoms with Gasteiger partial charge in [0, 0.05) is 50.4 Å². The number of amides is 3. The van der Waals surface area contributed by atoms with E-state index in [0.717, 1.165) is 50.4 Å². The summed E-state index contributed by atoms with van der Waals surface area (Å²) in [5.74, 6) is 1.04. The minimum absolute atomic E-state index is 0.154. The third kappa shape index (κ3) is 11.8. The van der Waals surface area contributed by atoms with Gasteiger partial charge in [0.1, 0.15) is 0 Å². The van der Waals surface area contributed by atoms with Crippen LogP contribution in [0, 0.1) is 20.8 Å². The van der Waals surface area contributed by atoms with E-state index in [-0.39, 0.29) is 17.7 Å². The van der Waals surface area contributed by atoms with Gasteiger partial charge in [0.2, 0.25) is 17.5 Å². The van der Waals surface area contributed by atoms with Gasteiger partial charge in [0.15, 0.2) is 0 Å². The second kappa shape index (κ2) is 20.3. The fourth-order valence-corrected chi connectivity index (χ4v) is 5.68. The van der Waals surface area contributed by atoms with Crippen molar-refractivity contribution in [2.75, 3.05) is 16.0 Å². The molecule has 3 heterocycles. The molecule has 63 heavy (non-hydrogen) atoms. The van der Waals surface area contributed by atoms with E-state index in [2.05, 4.69) is 77.8 Å². The van der Waals surface area contributed by atoms with Crippen molar-refractivity contribution in [3.63, 3.8) is 0 Å². The molecular formula is C45H39N15O3. The van der Waals surface area contributed by atoms with Crippen LogP contribution in [0.15, 0.2) is 146 Å². The first-order valence-corrected chi connectivity index (χ1v) is 19.3. The summed E-state index contributed by atoms with van der Waals surface area (Å²) >= 11 is 0. The summed E-state index contributed by atoms with van der Waals surface area (Å²) in [7, 11) is 0. The summed E-state index contributed by atoms with van der Waals surface area (Å²) < 4.78 is 0. The third-order valence-corrected chi connectivity index (χ3v) is 9.18. The van der Waals surface area contributed by atoms with Gasteiger partial charge in [-0.25, -0.2) is 0 Å². The minimum atomic E-state index is -0.154. The molecule has 0 radical (unpaired) electrons. The first-order valence-electron chi connectivity index (χ1n) is 19.3. The van der Waals surface area contributed by atoms with Crippen molar-refractivity contribution in [2.45, 2.75) is 20.8 Å². The van der Waals surface area contributed by atoms with Crippen LogP contribution in [0.3, 0.4) is 0 Å². The van der Waals surface area contributed by atoms with Crippen molar-refractivity contribution in [3.05, 3.63) is 179 Å². The molecule has 0 aliphatic carbocycles. The molecule has 0 saturated heterocycles. The van der Waals surface area contributed by atoms with Crippen LogP contribution in [0.4, 0.5) is 17.1 Å². The summed E-state index contributed by atoms with van der Waals surface area (Å²) in [4.78, 5) is 36.4. The average molecular weight is 838 g/mol. The van der Waals surface area contributed by atoms with E-state index in [4.69, 9.17) is 0 Å². The number of benzene rings is 6. The highest BCUT2D eigenvalue weighted by Gasteiger charge is 2.11. The predicted octanol–water partition coefficient (Wildman–Crippen LogP) is 7.28. The highest BCUT2D eigenvalue weighted by Crippen LogP contribution is 2.19. The van der Waals surface area contributed by atoms with Gasteiger partial charge in [-0.15, -0.1) is 30.6 Å². The van der Waals surface area contributed by atoms with E-state index < -0.39 is 0 Å². The second-order valence-corrected chi connectivity index (χ2v) is 13.9. The summed E-state index contributed by atoms with van der Waals surface area (Å²) in [5.41, 5.74) is 9.89. The van der Waals surface area contributed by atoms with E-state index in [1.54, 1.807) is 72.8 Å². The molecule has 0 aliphatic heterocycles. The lowest BCUT2D eigenvalue weighted by atomic mass is 10.1. The Morgan fingerprint density at radius 1 is 0.349 bits per heavy atom. The molecule has 0 aliphatic rings. The number of carbonyl (C=O) groups excluding carboxylic acids is 3. The third-order valence-electron chi connectivity index (χ3n) is 9.18. The molecule has 0 bridgehead atoms. The average Bonchev–Trinajstić information content (AvgIpc) is 4.16. The van der Waals surface area contributed by atoms with Gasteiger partial charge in [-0.2, -0.15) is 15.6 Å². The van der Waals surface area contributed by atoms with Crippen LogP contribution >= 0.6 is 0 Å². The van der Waals surface area contributed by atoms with Gasteiger partial charge in [0.25, 0.3) is 17.7 Å². The van der Waals surface area contributed by atoms with Gasteiger partial charge in [0.05, 0.1) is 0 Å². The lowest BCUT2D eigenvalue weighted by molar-refractivity contribution is 0.101. The lowest BCUT2D eigenvalue weighted by Gasteiger charge is -2.06. The number of aryl methyl sites for hydroxylation is 3. The number of rotatable bonds is 9. The molecule has 6 N–H and O–H groups in total. The molecule has 0 unspecified atom stereocenters. The zero-order chi connectivity index (χ0) is 44.0. The molecule has 0 spiro atoms. The molecule has 0 atom stereocenters. The molecule has 9 aromatic rings. The van der Waals surface area contributed by atoms with Crippen LogP contribution < -0.4 is 16.0 Å². The molecule has 9 rings (SSSR count). The number of H-pyrrole nitrogens is 3. The highest BCUT2D eigenvalue weighted by atomic mass is 16.2. The molecule has 18 heteroatoms. The fraction of sp³-hybridized carbons (Fsp3) is 0.0667. The van der Waals surface area contributed by atoms with Gasteiger partial charge in [-0.05, 0) is 109 Å². The number of hydrogen-bond donors (Lipinski definition) is 6. The van der Waals surface area contributed by atoms with E-state index in [0.29, 0.717) is 34.2 Å². The van der Waals surface area contributed by atoms with E-state index in [1.807, 2.05) is 93.6 Å². The van der Waals surface area contributed by atoms with Crippen LogP contribution in [0.5, 0.6) is 0 Å². The number of aromatic nitrogens is 12. The van der Waals surface area contributed by atoms with E-state index >= 15 is 0 Å². The number of hydrogen-bond acceptors (Lipinski definition) is 12. The van der Waals surface area contributed by atoms with E-state index in [9.17, 15) is 14.4 Å². The Bertz CT molecular complexity index is 2520. The monoisotopic (exact) mass is 837 g/mol. The summed E-state index contributed by atoms with van der Waals surface area (Å²) in [6.45, 7) is 6.01. The second-order valence-electron chi connectivity index (χ2n) is 13.9. The Kier molecular flexibility index (Phi) is 13.5. The van der Waals surface area contributed by atoms with Crippen molar-refractivity contribution >= 4 is 34.8 Å². The smallest absolute Gasteiger partial charge is 0.255 e. The fourth-order valence-electron chi connectivity index (χ4n) is 5.68. The quantitative estimate of drug-likeness (QED) is 0.0839. The van der Waals surface area contributed by atoms with Gasteiger partial charge in [-0.3, -0.25) is 14.4 Å². The molecule has 3 amide bonds. The van der Waals surface area contributed by atoms with Crippen molar-refractivity contribution in [3.8, 4) is 34.2 Å². The largest absolute Gasteiger partial charge is 0.322 e. The summed E-state index contributed by atoms with van der Waals surface area (Å²) in [5, 5.41) is 49.6. The van der Waals surface area contributed by atoms with Crippen LogP contribution in [0.25, 0.3) is 34.2 Å². The van der Waals surface area contributed by atoms with E-state index in [1.165, 1.54) is 0 Å². The van der Waals surface area contributed by atoms with Gasteiger partial charge in [-0.1, -0.05) is 89.5 Å². The Morgan fingerprint density at radius 2 is 0.587 bits per heavy atom. The lowest BCUT2D eigenvalue weighted by Crippen LogP contribution is -2.11. The van der Waals surface area contributed by atoms with Crippen LogP contribution in [0.2, 0.25) is 0 Å². The number of anilines is 3. The molecule has 0 saturated carbocycles. The van der Waals surface area contributed by atoms with Gasteiger partial charge >= 0.3 is 0 Å². The summed E-state index contributed by atoms with van der Waals surface area (Å²) in [6.07, 6.45) is 0. The topological polar surface area (TPSA) is 251 Å². The molecule has 0 fully saturated rings. The van der Waals surface area contributed by atoms with Crippen molar-refractivity contribution in [1.29, 1.82) is 0 Å². The number of carbonyl (C=O) groups is 3. The Labute approximate surface area is 360 Å². The Hall–Kier alpha value is -9.06. The maximum atomic E-state index is 12.1. The standard InChI is InChI=1S/3C15H13N5O/c3*1-10-2-8-13(9-3-10)16-15(21)12-6-4-11(5-7-12)14-17-19-20-18-14/h3*2-9H,1H3,(H,16,21)(H,17,18,19,20). The van der Waals surface area contributed by atoms with Crippen LogP contribution in [-0.2, 0) is 0 Å². The van der Waals surface area contributed by atoms with Crippen molar-refractivity contribution in [2.24, 2.45) is 0 Å². The first kappa shape index (κ1) is 42.1. The Morgan fingerprint density at radius 3 is 0.794 bits per heavy atom. The Balaban J connectivity index is 0.000000142. The van der Waals surface area contributed by atoms with Crippen molar-refractivity contribution in [1.82, 2.24) is 61.9 Å². The zero-order valence-corrected chi connectivity index (χ0v) is 34.1. The molecule has 6 aromatic carbocycles. The van der Waals surface area contributed by atoms with Crippen molar-refractivity contribution < 1.29 is 14.4 Å². The van der Waals surface area contributed by atoms with Gasteiger partial charge < -0.3 is 16.0 Å². The molecule has 3 aromatic heterocycles. The zero-order valence-electron chi connectivity index (χ0n) is 34.1. The normalized spacial score (nSPS) is 10.3.